The SMILES string of the molecule is CNC(=O)c1cccc(Oc2ccc([C@H]3O[C@H](CO)[C@@H](O)[C@H](O)[C@H]3O)cc2)c1. The Morgan fingerprint density at radius 3 is 2.39 bits per heavy atom. The van der Waals surface area contributed by atoms with E-state index in [-0.39, 0.29) is 5.91 Å². The Labute approximate surface area is 162 Å². The van der Waals surface area contributed by atoms with E-state index >= 15 is 0 Å². The first-order valence-corrected chi connectivity index (χ1v) is 8.85. The van der Waals surface area contributed by atoms with Crippen LogP contribution < -0.4 is 10.1 Å². The normalized spacial score (nSPS) is 27.2. The van der Waals surface area contributed by atoms with E-state index in [0.29, 0.717) is 22.6 Å². The molecule has 150 valence electrons. The molecule has 1 saturated heterocycles. The lowest BCUT2D eigenvalue weighted by Gasteiger charge is -2.40. The molecule has 5 N–H and O–H groups in total. The van der Waals surface area contributed by atoms with Crippen LogP contribution in [0.15, 0.2) is 48.5 Å². The van der Waals surface area contributed by atoms with Crippen LogP contribution in [0.25, 0.3) is 0 Å². The summed E-state index contributed by atoms with van der Waals surface area (Å²) in [5, 5.41) is 41.8. The van der Waals surface area contributed by atoms with Crippen molar-refractivity contribution >= 4 is 5.91 Å². The summed E-state index contributed by atoms with van der Waals surface area (Å²) in [5.41, 5.74) is 1.03. The average molecular weight is 389 g/mol. The van der Waals surface area contributed by atoms with E-state index < -0.39 is 37.1 Å². The highest BCUT2D eigenvalue weighted by molar-refractivity contribution is 5.94. The van der Waals surface area contributed by atoms with Crippen LogP contribution in [0.1, 0.15) is 22.0 Å². The minimum atomic E-state index is -1.43. The molecule has 1 heterocycles. The molecular weight excluding hydrogens is 366 g/mol. The lowest BCUT2D eigenvalue weighted by atomic mass is 9.91. The third-order valence-electron chi connectivity index (χ3n) is 4.66. The van der Waals surface area contributed by atoms with Gasteiger partial charge in [0.15, 0.2) is 0 Å². The number of hydrogen-bond donors (Lipinski definition) is 5. The minimum Gasteiger partial charge on any atom is -0.457 e. The molecule has 0 unspecified atom stereocenters. The van der Waals surface area contributed by atoms with E-state index in [4.69, 9.17) is 9.47 Å². The van der Waals surface area contributed by atoms with Crippen LogP contribution in [0, 0.1) is 0 Å². The number of ether oxygens (including phenoxy) is 2. The maximum absolute atomic E-state index is 11.7. The van der Waals surface area contributed by atoms with Crippen molar-refractivity contribution in [3.8, 4) is 11.5 Å². The Bertz CT molecular complexity index is 808. The fourth-order valence-corrected chi connectivity index (χ4v) is 3.08. The van der Waals surface area contributed by atoms with E-state index in [0.717, 1.165) is 0 Å². The van der Waals surface area contributed by atoms with Gasteiger partial charge in [0.1, 0.15) is 42.0 Å². The number of amides is 1. The highest BCUT2D eigenvalue weighted by Gasteiger charge is 2.43. The maximum atomic E-state index is 11.7. The lowest BCUT2D eigenvalue weighted by Crippen LogP contribution is -2.55. The molecule has 2 aromatic carbocycles. The fourth-order valence-electron chi connectivity index (χ4n) is 3.08. The van der Waals surface area contributed by atoms with Crippen LogP contribution in [0.4, 0.5) is 0 Å². The van der Waals surface area contributed by atoms with Gasteiger partial charge in [0.25, 0.3) is 5.91 Å². The highest BCUT2D eigenvalue weighted by atomic mass is 16.5. The quantitative estimate of drug-likeness (QED) is 0.499. The van der Waals surface area contributed by atoms with Crippen molar-refractivity contribution < 1.29 is 34.7 Å². The van der Waals surface area contributed by atoms with Gasteiger partial charge < -0.3 is 35.2 Å². The van der Waals surface area contributed by atoms with Crippen molar-refractivity contribution in [1.82, 2.24) is 5.32 Å². The standard InChI is InChI=1S/C20H23NO7/c1-21-20(26)12-3-2-4-14(9-12)27-13-7-5-11(6-8-13)19-18(25)17(24)16(23)15(10-22)28-19/h2-9,15-19,22-25H,10H2,1H3,(H,21,26)/t15-,16-,17+,18-,19-/m1/s1. The molecular formula is C20H23NO7. The summed E-state index contributed by atoms with van der Waals surface area (Å²) in [4.78, 5) is 11.7. The lowest BCUT2D eigenvalue weighted by molar-refractivity contribution is -0.231. The molecule has 0 radical (unpaired) electrons. The maximum Gasteiger partial charge on any atom is 0.251 e. The van der Waals surface area contributed by atoms with Crippen LogP contribution in [0.3, 0.4) is 0 Å². The smallest absolute Gasteiger partial charge is 0.251 e. The molecule has 0 saturated carbocycles. The number of nitrogens with one attached hydrogen (secondary N) is 1. The highest BCUT2D eigenvalue weighted by Crippen LogP contribution is 2.33. The minimum absolute atomic E-state index is 0.219. The van der Waals surface area contributed by atoms with Gasteiger partial charge in [-0.1, -0.05) is 18.2 Å². The zero-order valence-corrected chi connectivity index (χ0v) is 15.2. The molecule has 3 rings (SSSR count). The molecule has 1 fully saturated rings. The van der Waals surface area contributed by atoms with Gasteiger partial charge in [0, 0.05) is 12.6 Å². The Morgan fingerprint density at radius 2 is 1.75 bits per heavy atom. The van der Waals surface area contributed by atoms with E-state index in [1.54, 1.807) is 55.6 Å². The molecule has 1 aliphatic heterocycles. The van der Waals surface area contributed by atoms with Crippen molar-refractivity contribution in [2.75, 3.05) is 13.7 Å². The van der Waals surface area contributed by atoms with E-state index in [2.05, 4.69) is 5.32 Å². The molecule has 28 heavy (non-hydrogen) atoms. The first-order chi connectivity index (χ1) is 13.4. The first kappa shape index (κ1) is 20.2. The molecule has 5 atom stereocenters. The molecule has 0 aliphatic carbocycles. The van der Waals surface area contributed by atoms with Gasteiger partial charge in [0.2, 0.25) is 0 Å². The number of benzene rings is 2. The van der Waals surface area contributed by atoms with Crippen molar-refractivity contribution in [2.24, 2.45) is 0 Å². The van der Waals surface area contributed by atoms with Crippen molar-refractivity contribution in [3.63, 3.8) is 0 Å². The van der Waals surface area contributed by atoms with Gasteiger partial charge in [-0.2, -0.15) is 0 Å². The molecule has 8 heteroatoms. The Kier molecular flexibility index (Phi) is 6.28. The number of aliphatic hydroxyl groups excluding tert-OH is 4. The van der Waals surface area contributed by atoms with Crippen molar-refractivity contribution in [1.29, 1.82) is 0 Å². The fraction of sp³-hybridized carbons (Fsp3) is 0.350. The summed E-state index contributed by atoms with van der Waals surface area (Å²) < 4.78 is 11.3. The van der Waals surface area contributed by atoms with Gasteiger partial charge in [-0.05, 0) is 35.9 Å². The second-order valence-electron chi connectivity index (χ2n) is 6.53. The number of carbonyl (C=O) groups excluding carboxylic acids is 1. The molecule has 0 aromatic heterocycles. The molecule has 2 aromatic rings. The van der Waals surface area contributed by atoms with Crippen LogP contribution in [0.5, 0.6) is 11.5 Å². The van der Waals surface area contributed by atoms with Gasteiger partial charge in [-0.25, -0.2) is 0 Å². The van der Waals surface area contributed by atoms with E-state index in [1.807, 2.05) is 0 Å². The summed E-state index contributed by atoms with van der Waals surface area (Å²) in [6.45, 7) is -0.482. The third-order valence-corrected chi connectivity index (χ3v) is 4.66. The largest absolute Gasteiger partial charge is 0.457 e. The number of hydrogen-bond acceptors (Lipinski definition) is 7. The number of rotatable bonds is 5. The molecule has 1 aliphatic rings. The summed E-state index contributed by atoms with van der Waals surface area (Å²) in [5.74, 6) is 0.771. The summed E-state index contributed by atoms with van der Waals surface area (Å²) >= 11 is 0. The zero-order valence-electron chi connectivity index (χ0n) is 15.2. The average Bonchev–Trinajstić information content (AvgIpc) is 2.72. The van der Waals surface area contributed by atoms with E-state index in [9.17, 15) is 25.2 Å². The predicted octanol–water partition coefficient (Wildman–Crippen LogP) is 0.353. The van der Waals surface area contributed by atoms with E-state index in [1.165, 1.54) is 0 Å². The number of aliphatic hydroxyl groups is 4. The first-order valence-electron chi connectivity index (χ1n) is 8.85. The molecule has 0 bridgehead atoms. The third kappa shape index (κ3) is 4.16. The van der Waals surface area contributed by atoms with Gasteiger partial charge in [-0.3, -0.25) is 4.79 Å². The zero-order chi connectivity index (χ0) is 20.3. The summed E-state index contributed by atoms with van der Waals surface area (Å²) in [6.07, 6.45) is -6.03. The van der Waals surface area contributed by atoms with Crippen molar-refractivity contribution in [2.45, 2.75) is 30.5 Å². The van der Waals surface area contributed by atoms with Crippen molar-refractivity contribution in [3.05, 3.63) is 59.7 Å². The van der Waals surface area contributed by atoms with Gasteiger partial charge >= 0.3 is 0 Å². The Balaban J connectivity index is 1.74. The van der Waals surface area contributed by atoms with Crippen LogP contribution in [-0.2, 0) is 4.74 Å². The van der Waals surface area contributed by atoms with Crippen LogP contribution in [0.2, 0.25) is 0 Å². The van der Waals surface area contributed by atoms with Gasteiger partial charge in [0.05, 0.1) is 6.61 Å². The second-order valence-corrected chi connectivity index (χ2v) is 6.53. The number of carbonyl (C=O) groups is 1. The topological polar surface area (TPSA) is 128 Å². The molecule has 0 spiro atoms. The Hall–Kier alpha value is -2.49. The van der Waals surface area contributed by atoms with Crippen LogP contribution in [-0.4, -0.2) is 64.4 Å². The van der Waals surface area contributed by atoms with Gasteiger partial charge in [-0.15, -0.1) is 0 Å². The summed E-state index contributed by atoms with van der Waals surface area (Å²) in [6, 6.07) is 13.3. The summed E-state index contributed by atoms with van der Waals surface area (Å²) in [7, 11) is 1.55. The molecule has 8 nitrogen and oxygen atoms in total. The Morgan fingerprint density at radius 1 is 1.04 bits per heavy atom. The van der Waals surface area contributed by atoms with Crippen LogP contribution >= 0.6 is 0 Å². The predicted molar refractivity (Wildman–Crippen MR) is 99.1 cm³/mol. The molecule has 1 amide bonds. The second kappa shape index (κ2) is 8.68. The monoisotopic (exact) mass is 389 g/mol.